The van der Waals surface area contributed by atoms with Crippen molar-refractivity contribution in [3.63, 3.8) is 0 Å². The third-order valence-electron chi connectivity index (χ3n) is 2.64. The molecule has 0 atom stereocenters. The van der Waals surface area contributed by atoms with Gasteiger partial charge < -0.3 is 4.74 Å². The van der Waals surface area contributed by atoms with Gasteiger partial charge in [0.2, 0.25) is 0 Å². The van der Waals surface area contributed by atoms with E-state index < -0.39 is 0 Å². The number of rotatable bonds is 2. The highest BCUT2D eigenvalue weighted by Crippen LogP contribution is 2.23. The molecule has 0 N–H and O–H groups in total. The zero-order valence-corrected chi connectivity index (χ0v) is 10.2. The lowest BCUT2D eigenvalue weighted by Crippen LogP contribution is -2.05. The first-order chi connectivity index (χ1) is 8.83. The number of allylic oxidation sites excluding steroid dienone is 6. The number of hydrogen-bond donors (Lipinski definition) is 0. The fourth-order valence-electron chi connectivity index (χ4n) is 1.77. The maximum atomic E-state index is 11.8. The van der Waals surface area contributed by atoms with E-state index in [1.165, 1.54) is 7.11 Å². The molecule has 0 aromatic heterocycles. The third kappa shape index (κ3) is 2.66. The Hall–Kier alpha value is -2.35. The van der Waals surface area contributed by atoms with Gasteiger partial charge in [0.25, 0.3) is 0 Å². The summed E-state index contributed by atoms with van der Waals surface area (Å²) in [5.74, 6) is -0.329. The molecule has 90 valence electrons. The molecule has 0 bridgehead atoms. The first-order valence-electron chi connectivity index (χ1n) is 5.72. The Balaban J connectivity index is 2.57. The zero-order chi connectivity index (χ0) is 12.8. The average Bonchev–Trinajstić information content (AvgIpc) is 2.39. The lowest BCUT2D eigenvalue weighted by molar-refractivity contribution is -0.135. The van der Waals surface area contributed by atoms with Gasteiger partial charge in [0.05, 0.1) is 12.7 Å². The zero-order valence-electron chi connectivity index (χ0n) is 10.2. The van der Waals surface area contributed by atoms with Crippen LogP contribution in [0.25, 0.3) is 5.57 Å². The molecule has 0 radical (unpaired) electrons. The average molecular weight is 238 g/mol. The third-order valence-corrected chi connectivity index (χ3v) is 2.64. The Morgan fingerprint density at radius 2 is 1.61 bits per heavy atom. The lowest BCUT2D eigenvalue weighted by Gasteiger charge is -2.09. The minimum absolute atomic E-state index is 0.329. The number of carbonyl (C=O) groups is 1. The van der Waals surface area contributed by atoms with Crippen LogP contribution in [0.2, 0.25) is 0 Å². The normalized spacial score (nSPS) is 23.6. The van der Waals surface area contributed by atoms with Crippen molar-refractivity contribution in [2.75, 3.05) is 7.11 Å². The fraction of sp³-hybridized carbons (Fsp3) is 0.0625. The lowest BCUT2D eigenvalue weighted by atomic mass is 9.98. The number of esters is 1. The Kier molecular flexibility index (Phi) is 3.92. The summed E-state index contributed by atoms with van der Waals surface area (Å²) >= 11 is 0. The van der Waals surface area contributed by atoms with Crippen molar-refractivity contribution < 1.29 is 9.53 Å². The van der Waals surface area contributed by atoms with Gasteiger partial charge in [0.1, 0.15) is 0 Å². The molecule has 0 spiro atoms. The molecule has 1 aliphatic rings. The highest BCUT2D eigenvalue weighted by Gasteiger charge is 2.13. The van der Waals surface area contributed by atoms with E-state index in [0.29, 0.717) is 5.57 Å². The summed E-state index contributed by atoms with van der Waals surface area (Å²) in [6, 6.07) is 9.79. The summed E-state index contributed by atoms with van der Waals surface area (Å²) in [6.45, 7) is 0. The van der Waals surface area contributed by atoms with E-state index in [2.05, 4.69) is 0 Å². The minimum atomic E-state index is -0.329. The van der Waals surface area contributed by atoms with Crippen LogP contribution in [0.1, 0.15) is 5.56 Å². The molecular weight excluding hydrogens is 224 g/mol. The molecule has 1 aromatic rings. The van der Waals surface area contributed by atoms with E-state index in [1.54, 1.807) is 6.08 Å². The summed E-state index contributed by atoms with van der Waals surface area (Å²) in [5.41, 5.74) is 2.42. The van der Waals surface area contributed by atoms with Crippen LogP contribution < -0.4 is 0 Å². The molecular formula is C16H14O2. The Bertz CT molecular complexity index is 546. The molecule has 2 nitrogen and oxygen atoms in total. The number of methoxy groups -OCH3 is 1. The van der Waals surface area contributed by atoms with Crippen LogP contribution in [0.15, 0.2) is 72.4 Å². The molecule has 0 fully saturated rings. The molecule has 0 saturated heterocycles. The van der Waals surface area contributed by atoms with Gasteiger partial charge in [-0.3, -0.25) is 0 Å². The minimum Gasteiger partial charge on any atom is -0.465 e. The summed E-state index contributed by atoms with van der Waals surface area (Å²) in [6.07, 6.45) is 11.2. The predicted molar refractivity (Wildman–Crippen MR) is 72.8 cm³/mol. The van der Waals surface area contributed by atoms with Crippen molar-refractivity contribution in [3.8, 4) is 0 Å². The smallest absolute Gasteiger partial charge is 0.338 e. The van der Waals surface area contributed by atoms with Gasteiger partial charge in [-0.1, -0.05) is 60.7 Å². The molecule has 0 heterocycles. The fourth-order valence-corrected chi connectivity index (χ4v) is 1.77. The van der Waals surface area contributed by atoms with Crippen molar-refractivity contribution in [1.29, 1.82) is 0 Å². The van der Waals surface area contributed by atoms with Crippen LogP contribution in [-0.4, -0.2) is 13.1 Å². The van der Waals surface area contributed by atoms with E-state index in [9.17, 15) is 4.79 Å². The molecule has 0 saturated carbocycles. The first kappa shape index (κ1) is 12.1. The van der Waals surface area contributed by atoms with E-state index in [0.717, 1.165) is 11.1 Å². The summed E-state index contributed by atoms with van der Waals surface area (Å²) in [7, 11) is 1.39. The van der Waals surface area contributed by atoms with Gasteiger partial charge in [-0.15, -0.1) is 0 Å². The second-order valence-electron chi connectivity index (χ2n) is 3.79. The Morgan fingerprint density at radius 1 is 0.944 bits per heavy atom. The summed E-state index contributed by atoms with van der Waals surface area (Å²) in [5, 5.41) is 0. The van der Waals surface area contributed by atoms with Gasteiger partial charge in [-0.05, 0) is 17.2 Å². The van der Waals surface area contributed by atoms with E-state index in [1.807, 2.05) is 60.7 Å². The van der Waals surface area contributed by atoms with Crippen LogP contribution in [-0.2, 0) is 9.53 Å². The number of carbonyl (C=O) groups excluding carboxylic acids is 1. The highest BCUT2D eigenvalue weighted by molar-refractivity contribution is 6.02. The van der Waals surface area contributed by atoms with Crippen molar-refractivity contribution in [3.05, 3.63) is 77.9 Å². The monoisotopic (exact) mass is 238 g/mol. The maximum absolute atomic E-state index is 11.8. The van der Waals surface area contributed by atoms with Crippen LogP contribution >= 0.6 is 0 Å². The van der Waals surface area contributed by atoms with Crippen molar-refractivity contribution in [1.82, 2.24) is 0 Å². The summed E-state index contributed by atoms with van der Waals surface area (Å²) in [4.78, 5) is 11.8. The van der Waals surface area contributed by atoms with Gasteiger partial charge in [0.15, 0.2) is 0 Å². The highest BCUT2D eigenvalue weighted by atomic mass is 16.5. The standard InChI is InChI=1S/C16H14O2/c1-18-16(17)15-12-8-3-2-7-11-14(15)13-9-5-4-6-10-13/h2-12H,1H3/b3-2-,7-2?,8-3?,11-7-,12-8-,14-11?,15-12?,15-14-. The van der Waals surface area contributed by atoms with Crippen LogP contribution in [0, 0.1) is 0 Å². The molecule has 2 heteroatoms. The summed E-state index contributed by atoms with van der Waals surface area (Å²) < 4.78 is 4.83. The van der Waals surface area contributed by atoms with Crippen LogP contribution in [0.4, 0.5) is 0 Å². The van der Waals surface area contributed by atoms with E-state index >= 15 is 0 Å². The van der Waals surface area contributed by atoms with Crippen LogP contribution in [0.5, 0.6) is 0 Å². The van der Waals surface area contributed by atoms with E-state index in [-0.39, 0.29) is 5.97 Å². The number of hydrogen-bond acceptors (Lipinski definition) is 2. The molecule has 0 amide bonds. The van der Waals surface area contributed by atoms with Crippen molar-refractivity contribution >= 4 is 11.5 Å². The second-order valence-corrected chi connectivity index (χ2v) is 3.79. The SMILES string of the molecule is COC(=O)C1=C(c2ccccc2)/C=C\C=C/C=C\1. The van der Waals surface area contributed by atoms with Crippen molar-refractivity contribution in [2.24, 2.45) is 0 Å². The van der Waals surface area contributed by atoms with Crippen molar-refractivity contribution in [2.45, 2.75) is 0 Å². The van der Waals surface area contributed by atoms with Gasteiger partial charge >= 0.3 is 5.97 Å². The molecule has 18 heavy (non-hydrogen) atoms. The van der Waals surface area contributed by atoms with Gasteiger partial charge in [0, 0.05) is 0 Å². The quantitative estimate of drug-likeness (QED) is 0.739. The molecule has 0 unspecified atom stereocenters. The Labute approximate surface area is 107 Å². The molecule has 1 aromatic carbocycles. The largest absolute Gasteiger partial charge is 0.465 e. The predicted octanol–water partition coefficient (Wildman–Crippen LogP) is 3.30. The topological polar surface area (TPSA) is 26.3 Å². The van der Waals surface area contributed by atoms with Gasteiger partial charge in [-0.25, -0.2) is 4.79 Å². The number of benzene rings is 1. The second kappa shape index (κ2) is 5.82. The molecule has 2 rings (SSSR count). The first-order valence-corrected chi connectivity index (χ1v) is 5.72. The molecule has 0 aliphatic heterocycles. The van der Waals surface area contributed by atoms with Gasteiger partial charge in [-0.2, -0.15) is 0 Å². The van der Waals surface area contributed by atoms with E-state index in [4.69, 9.17) is 4.74 Å². The van der Waals surface area contributed by atoms with Crippen LogP contribution in [0.3, 0.4) is 0 Å². The Morgan fingerprint density at radius 3 is 2.28 bits per heavy atom. The molecule has 1 aliphatic carbocycles. The maximum Gasteiger partial charge on any atom is 0.338 e. The number of ether oxygens (including phenoxy) is 1.